The van der Waals surface area contributed by atoms with E-state index in [0.29, 0.717) is 19.0 Å². The van der Waals surface area contributed by atoms with Gasteiger partial charge in [-0.15, -0.1) is 0 Å². The fraction of sp³-hybridized carbons (Fsp3) is 0.652. The van der Waals surface area contributed by atoms with Crippen molar-refractivity contribution >= 4 is 28.5 Å². The Morgan fingerprint density at radius 1 is 1.12 bits per heavy atom. The quantitative estimate of drug-likeness (QED) is 0.534. The van der Waals surface area contributed by atoms with E-state index in [1.54, 1.807) is 4.31 Å². The molecule has 1 aliphatic heterocycles. The maximum atomic E-state index is 13.0. The summed E-state index contributed by atoms with van der Waals surface area (Å²) < 4.78 is 25.2. The minimum Gasteiger partial charge on any atom is -0.369 e. The van der Waals surface area contributed by atoms with Gasteiger partial charge in [-0.25, -0.2) is 0 Å². The highest BCUT2D eigenvalue weighted by Crippen LogP contribution is 2.60. The molecule has 5 aliphatic rings. The predicted octanol–water partition coefficient (Wildman–Crippen LogP) is 2.88. The van der Waals surface area contributed by atoms with E-state index in [1.807, 2.05) is 31.2 Å². The Labute approximate surface area is 191 Å². The lowest BCUT2D eigenvalue weighted by Gasteiger charge is -2.59. The fourth-order valence-electron chi connectivity index (χ4n) is 6.88. The van der Waals surface area contributed by atoms with Crippen LogP contribution in [-0.4, -0.2) is 50.9 Å². The molecule has 2 atom stereocenters. The van der Waals surface area contributed by atoms with E-state index in [4.69, 9.17) is 5.73 Å². The molecule has 9 heteroatoms. The Morgan fingerprint density at radius 3 is 2.41 bits per heavy atom. The van der Waals surface area contributed by atoms with Crippen molar-refractivity contribution in [2.24, 2.45) is 28.9 Å². The summed E-state index contributed by atoms with van der Waals surface area (Å²) in [6.07, 6.45) is 5.25. The van der Waals surface area contributed by atoms with Gasteiger partial charge in [0.1, 0.15) is 0 Å². The van der Waals surface area contributed by atoms with Crippen LogP contribution >= 0.6 is 11.0 Å². The van der Waals surface area contributed by atoms with E-state index in [9.17, 15) is 18.7 Å². The lowest BCUT2D eigenvalue weighted by molar-refractivity contribution is -0.147. The number of benzene rings is 1. The van der Waals surface area contributed by atoms with Gasteiger partial charge in [0.15, 0.2) is 0 Å². The normalized spacial score (nSPS) is 36.7. The van der Waals surface area contributed by atoms with Crippen LogP contribution in [0.25, 0.3) is 0 Å². The maximum Gasteiger partial charge on any atom is 0.236 e. The molecule has 4 bridgehead atoms. The molecule has 4 aliphatic carbocycles. The first-order valence-corrected chi connectivity index (χ1v) is 13.1. The SMILES string of the molecule is Cc1ccc(N2CCCN(CC(=O)NC3C4CC5CC3CC(C(N)=O)(C5)C4)S2(O)O)cc1. The molecule has 8 nitrogen and oxygen atoms in total. The Balaban J connectivity index is 1.25. The molecule has 1 heterocycles. The number of hydrogen-bond donors (Lipinski definition) is 4. The van der Waals surface area contributed by atoms with Crippen LogP contribution in [0.15, 0.2) is 24.3 Å². The molecule has 32 heavy (non-hydrogen) atoms. The van der Waals surface area contributed by atoms with Crippen LogP contribution in [0.3, 0.4) is 0 Å². The molecule has 0 radical (unpaired) electrons. The largest absolute Gasteiger partial charge is 0.369 e. The molecule has 176 valence electrons. The Morgan fingerprint density at radius 2 is 1.78 bits per heavy atom. The number of rotatable bonds is 5. The first kappa shape index (κ1) is 22.0. The molecule has 5 N–H and O–H groups in total. The number of nitrogens with zero attached hydrogens (tertiary/aromatic N) is 2. The van der Waals surface area contributed by atoms with E-state index < -0.39 is 11.0 Å². The molecule has 5 fully saturated rings. The summed E-state index contributed by atoms with van der Waals surface area (Å²) in [7, 11) is -3.26. The van der Waals surface area contributed by atoms with Crippen molar-refractivity contribution in [1.82, 2.24) is 9.62 Å². The topological polar surface area (TPSA) is 119 Å². The Hall–Kier alpha value is -1.81. The van der Waals surface area contributed by atoms with Crippen molar-refractivity contribution in [3.05, 3.63) is 29.8 Å². The molecule has 1 aromatic carbocycles. The lowest BCUT2D eigenvalue weighted by atomic mass is 9.47. The molecular weight excluding hydrogens is 428 g/mol. The van der Waals surface area contributed by atoms with Gasteiger partial charge >= 0.3 is 0 Å². The number of anilines is 1. The van der Waals surface area contributed by atoms with Gasteiger partial charge in [0.25, 0.3) is 0 Å². The van der Waals surface area contributed by atoms with Crippen LogP contribution in [0.2, 0.25) is 0 Å². The van der Waals surface area contributed by atoms with Crippen molar-refractivity contribution in [2.45, 2.75) is 51.5 Å². The molecule has 2 amide bonds. The Bertz CT molecular complexity index is 892. The van der Waals surface area contributed by atoms with Gasteiger partial charge in [0.2, 0.25) is 11.8 Å². The van der Waals surface area contributed by atoms with Crippen LogP contribution in [0.1, 0.15) is 44.1 Å². The van der Waals surface area contributed by atoms with E-state index in [2.05, 4.69) is 5.32 Å². The zero-order valence-electron chi connectivity index (χ0n) is 18.6. The number of aryl methyl sites for hydroxylation is 1. The monoisotopic (exact) mass is 462 g/mol. The van der Waals surface area contributed by atoms with Crippen LogP contribution in [0, 0.1) is 30.1 Å². The molecule has 6 rings (SSSR count). The number of primary amides is 1. The van der Waals surface area contributed by atoms with Gasteiger partial charge in [-0.2, -0.15) is 4.31 Å². The molecular formula is C23H34N4O4S. The molecule has 2 unspecified atom stereocenters. The maximum absolute atomic E-state index is 13.0. The van der Waals surface area contributed by atoms with Crippen molar-refractivity contribution < 1.29 is 18.7 Å². The van der Waals surface area contributed by atoms with Crippen molar-refractivity contribution in [2.75, 3.05) is 23.9 Å². The van der Waals surface area contributed by atoms with Gasteiger partial charge in [0, 0.05) is 24.5 Å². The van der Waals surface area contributed by atoms with E-state index in [-0.39, 0.29) is 41.7 Å². The number of carbonyl (C=O) groups is 2. The van der Waals surface area contributed by atoms with Crippen LogP contribution < -0.4 is 15.4 Å². The Kier molecular flexibility index (Phi) is 5.43. The van der Waals surface area contributed by atoms with Crippen LogP contribution in [0.5, 0.6) is 0 Å². The van der Waals surface area contributed by atoms with Gasteiger partial charge < -0.3 is 11.1 Å². The van der Waals surface area contributed by atoms with Crippen molar-refractivity contribution in [1.29, 1.82) is 0 Å². The summed E-state index contributed by atoms with van der Waals surface area (Å²) in [6, 6.07) is 7.71. The average molecular weight is 463 g/mol. The molecule has 1 saturated heterocycles. The molecule has 4 saturated carbocycles. The third-order valence-corrected chi connectivity index (χ3v) is 10.2. The summed E-state index contributed by atoms with van der Waals surface area (Å²) in [5.74, 6) is 0.735. The second-order valence-electron chi connectivity index (χ2n) is 10.4. The highest BCUT2D eigenvalue weighted by atomic mass is 32.3. The summed E-state index contributed by atoms with van der Waals surface area (Å²) in [4.78, 5) is 25.2. The summed E-state index contributed by atoms with van der Waals surface area (Å²) in [6.45, 7) is 2.93. The zero-order chi connectivity index (χ0) is 22.7. The van der Waals surface area contributed by atoms with Gasteiger partial charge in [-0.05, 0) is 75.3 Å². The minimum atomic E-state index is -3.26. The van der Waals surface area contributed by atoms with Gasteiger partial charge in [0.05, 0.1) is 12.2 Å². The van der Waals surface area contributed by atoms with E-state index in [1.165, 1.54) is 4.31 Å². The standard InChI is InChI=1S/C23H34N4O4S/c1-15-3-5-19(6-4-15)27-8-2-7-26(32(27,30)31)14-20(28)25-21-17-9-16-10-18(21)13-23(11-16,12-17)22(24)29/h3-6,16-18,21,30-31H,2,7-14H2,1H3,(H2,24,29)(H,25,28). The van der Waals surface area contributed by atoms with E-state index >= 15 is 0 Å². The predicted molar refractivity (Wildman–Crippen MR) is 125 cm³/mol. The minimum absolute atomic E-state index is 0.0475. The van der Waals surface area contributed by atoms with Crippen LogP contribution in [-0.2, 0) is 9.59 Å². The number of nitrogens with one attached hydrogen (secondary N) is 1. The number of carbonyl (C=O) groups excluding carboxylic acids is 2. The number of nitrogens with two attached hydrogens (primary N) is 1. The smallest absolute Gasteiger partial charge is 0.236 e. The first-order valence-electron chi connectivity index (χ1n) is 11.6. The second kappa shape index (κ2) is 7.90. The molecule has 0 spiro atoms. The lowest BCUT2D eigenvalue weighted by Crippen LogP contribution is -2.62. The fourth-order valence-corrected chi connectivity index (χ4v) is 8.60. The van der Waals surface area contributed by atoms with Gasteiger partial charge in [-0.3, -0.25) is 23.0 Å². The van der Waals surface area contributed by atoms with Crippen LogP contribution in [0.4, 0.5) is 5.69 Å². The average Bonchev–Trinajstić information content (AvgIpc) is 2.72. The highest BCUT2D eigenvalue weighted by molar-refractivity contribution is 8.23. The first-order chi connectivity index (χ1) is 15.2. The van der Waals surface area contributed by atoms with Crippen molar-refractivity contribution in [3.8, 4) is 0 Å². The number of hydrogen-bond acceptors (Lipinski definition) is 6. The summed E-state index contributed by atoms with van der Waals surface area (Å²) in [5, 5.41) is 3.21. The highest BCUT2D eigenvalue weighted by Gasteiger charge is 2.58. The van der Waals surface area contributed by atoms with E-state index in [0.717, 1.165) is 49.8 Å². The third-order valence-electron chi connectivity index (χ3n) is 8.18. The third kappa shape index (κ3) is 3.69. The van der Waals surface area contributed by atoms with Crippen molar-refractivity contribution in [3.63, 3.8) is 0 Å². The second-order valence-corrected chi connectivity index (χ2v) is 12.3. The summed E-state index contributed by atoms with van der Waals surface area (Å²) >= 11 is 0. The number of amides is 2. The van der Waals surface area contributed by atoms with Gasteiger partial charge in [-0.1, -0.05) is 28.7 Å². The molecule has 0 aromatic heterocycles. The summed E-state index contributed by atoms with van der Waals surface area (Å²) in [5.41, 5.74) is 7.24. The molecule has 1 aromatic rings. The zero-order valence-corrected chi connectivity index (χ0v) is 19.4.